The number of urea groups is 1. The molecule has 7 heteroatoms. The summed E-state index contributed by atoms with van der Waals surface area (Å²) in [6.07, 6.45) is 0.962. The van der Waals surface area contributed by atoms with Gasteiger partial charge < -0.3 is 15.8 Å². The summed E-state index contributed by atoms with van der Waals surface area (Å²) in [5.74, 6) is -0.399. The lowest BCUT2D eigenvalue weighted by Gasteiger charge is -2.26. The van der Waals surface area contributed by atoms with E-state index in [9.17, 15) is 9.59 Å². The van der Waals surface area contributed by atoms with Gasteiger partial charge in [-0.3, -0.25) is 15.0 Å². The number of morpholine rings is 1. The van der Waals surface area contributed by atoms with Crippen molar-refractivity contribution < 1.29 is 14.3 Å². The average Bonchev–Trinajstić information content (AvgIpc) is 2.29. The second-order valence-electron chi connectivity index (χ2n) is 3.90. The lowest BCUT2D eigenvalue weighted by Crippen LogP contribution is -2.41. The van der Waals surface area contributed by atoms with Gasteiger partial charge in [0.1, 0.15) is 0 Å². The summed E-state index contributed by atoms with van der Waals surface area (Å²) in [7, 11) is 0. The van der Waals surface area contributed by atoms with E-state index < -0.39 is 11.9 Å². The zero-order chi connectivity index (χ0) is 12.5. The fraction of sp³-hybridized carbons (Fsp3) is 0.800. The van der Waals surface area contributed by atoms with Crippen LogP contribution in [-0.4, -0.2) is 62.8 Å². The molecule has 0 aromatic heterocycles. The fourth-order valence-corrected chi connectivity index (χ4v) is 1.64. The monoisotopic (exact) mass is 244 g/mol. The van der Waals surface area contributed by atoms with E-state index >= 15 is 0 Å². The van der Waals surface area contributed by atoms with Crippen LogP contribution in [0.5, 0.6) is 0 Å². The Labute approximate surface area is 101 Å². The standard InChI is InChI=1S/C10H20N4O3/c11-10(16)13-9(15)8-12-2-1-3-14-4-6-17-7-5-14/h12H,1-8H2,(H3,11,13,15,16). The van der Waals surface area contributed by atoms with Gasteiger partial charge in [-0.05, 0) is 19.5 Å². The first kappa shape index (κ1) is 13.9. The lowest BCUT2D eigenvalue weighted by atomic mass is 10.3. The van der Waals surface area contributed by atoms with Crippen LogP contribution in [0.4, 0.5) is 4.79 Å². The highest BCUT2D eigenvalue weighted by Crippen LogP contribution is 1.96. The first-order valence-electron chi connectivity index (χ1n) is 5.78. The SMILES string of the molecule is NC(=O)NC(=O)CNCCCN1CCOCC1. The maximum absolute atomic E-state index is 11.0. The molecule has 4 N–H and O–H groups in total. The van der Waals surface area contributed by atoms with Gasteiger partial charge in [0.05, 0.1) is 19.8 Å². The molecule has 0 spiro atoms. The van der Waals surface area contributed by atoms with E-state index in [0.717, 1.165) is 45.8 Å². The van der Waals surface area contributed by atoms with Crippen LogP contribution >= 0.6 is 0 Å². The number of nitrogens with two attached hydrogens (primary N) is 1. The fourth-order valence-electron chi connectivity index (χ4n) is 1.64. The predicted molar refractivity (Wildman–Crippen MR) is 62.5 cm³/mol. The molecule has 7 nitrogen and oxygen atoms in total. The molecule has 17 heavy (non-hydrogen) atoms. The summed E-state index contributed by atoms with van der Waals surface area (Å²) in [6, 6.07) is -0.815. The second kappa shape index (κ2) is 7.99. The quantitative estimate of drug-likeness (QED) is 0.494. The minimum absolute atomic E-state index is 0.117. The number of carbonyl (C=O) groups excluding carboxylic acids is 2. The molecule has 1 rings (SSSR count). The van der Waals surface area contributed by atoms with E-state index in [1.807, 2.05) is 5.32 Å². The summed E-state index contributed by atoms with van der Waals surface area (Å²) in [4.78, 5) is 23.7. The third-order valence-corrected chi connectivity index (χ3v) is 2.48. The number of hydrogen-bond acceptors (Lipinski definition) is 5. The van der Waals surface area contributed by atoms with Crippen LogP contribution in [0.15, 0.2) is 0 Å². The van der Waals surface area contributed by atoms with E-state index in [2.05, 4.69) is 10.2 Å². The van der Waals surface area contributed by atoms with Crippen molar-refractivity contribution in [3.05, 3.63) is 0 Å². The number of carbonyl (C=O) groups is 2. The molecule has 1 aliphatic heterocycles. The van der Waals surface area contributed by atoms with E-state index in [1.54, 1.807) is 0 Å². The molecular weight excluding hydrogens is 224 g/mol. The normalized spacial score (nSPS) is 16.7. The maximum atomic E-state index is 11.0. The van der Waals surface area contributed by atoms with Crippen LogP contribution in [0.2, 0.25) is 0 Å². The summed E-state index contributed by atoms with van der Waals surface area (Å²) in [5, 5.41) is 4.95. The van der Waals surface area contributed by atoms with E-state index in [-0.39, 0.29) is 6.54 Å². The highest BCUT2D eigenvalue weighted by Gasteiger charge is 2.09. The predicted octanol–water partition coefficient (Wildman–Crippen LogP) is -1.51. The zero-order valence-corrected chi connectivity index (χ0v) is 9.91. The molecule has 1 fully saturated rings. The highest BCUT2D eigenvalue weighted by molar-refractivity contribution is 5.94. The minimum atomic E-state index is -0.815. The molecule has 1 heterocycles. The number of primary amides is 1. The molecular formula is C10H20N4O3. The highest BCUT2D eigenvalue weighted by atomic mass is 16.5. The molecule has 1 saturated heterocycles. The third kappa shape index (κ3) is 6.88. The van der Waals surface area contributed by atoms with Crippen molar-refractivity contribution in [2.24, 2.45) is 5.73 Å². The van der Waals surface area contributed by atoms with Gasteiger partial charge in [0.15, 0.2) is 0 Å². The maximum Gasteiger partial charge on any atom is 0.318 e. The second-order valence-corrected chi connectivity index (χ2v) is 3.90. The van der Waals surface area contributed by atoms with Crippen molar-refractivity contribution in [1.29, 1.82) is 0 Å². The topological polar surface area (TPSA) is 96.7 Å². The number of rotatable bonds is 6. The van der Waals surface area contributed by atoms with Crippen molar-refractivity contribution in [2.45, 2.75) is 6.42 Å². The lowest BCUT2D eigenvalue weighted by molar-refractivity contribution is -0.119. The molecule has 0 aliphatic carbocycles. The van der Waals surface area contributed by atoms with Gasteiger partial charge in [-0.2, -0.15) is 0 Å². The molecule has 0 aromatic rings. The molecule has 98 valence electrons. The van der Waals surface area contributed by atoms with Gasteiger partial charge in [0, 0.05) is 13.1 Å². The van der Waals surface area contributed by atoms with E-state index in [4.69, 9.17) is 10.5 Å². The Morgan fingerprint density at radius 2 is 2.00 bits per heavy atom. The largest absolute Gasteiger partial charge is 0.379 e. The smallest absolute Gasteiger partial charge is 0.318 e. The van der Waals surface area contributed by atoms with E-state index in [1.165, 1.54) is 0 Å². The van der Waals surface area contributed by atoms with Gasteiger partial charge in [0.2, 0.25) is 5.91 Å². The molecule has 0 saturated carbocycles. The Bertz CT molecular complexity index is 254. The Hall–Kier alpha value is -1.18. The van der Waals surface area contributed by atoms with Crippen molar-refractivity contribution in [2.75, 3.05) is 45.9 Å². The van der Waals surface area contributed by atoms with Crippen LogP contribution in [0.25, 0.3) is 0 Å². The Morgan fingerprint density at radius 1 is 1.29 bits per heavy atom. The van der Waals surface area contributed by atoms with Crippen molar-refractivity contribution in [3.63, 3.8) is 0 Å². The van der Waals surface area contributed by atoms with Crippen LogP contribution in [0.1, 0.15) is 6.42 Å². The molecule has 0 radical (unpaired) electrons. The van der Waals surface area contributed by atoms with Crippen LogP contribution in [0, 0.1) is 0 Å². The number of nitrogens with one attached hydrogen (secondary N) is 2. The van der Waals surface area contributed by atoms with Gasteiger partial charge in [0.25, 0.3) is 0 Å². The average molecular weight is 244 g/mol. The van der Waals surface area contributed by atoms with Crippen molar-refractivity contribution >= 4 is 11.9 Å². The molecule has 3 amide bonds. The Morgan fingerprint density at radius 3 is 2.65 bits per heavy atom. The number of ether oxygens (including phenoxy) is 1. The molecule has 0 unspecified atom stereocenters. The Balaban J connectivity index is 1.93. The summed E-state index contributed by atoms with van der Waals surface area (Å²) in [5.41, 5.74) is 4.80. The van der Waals surface area contributed by atoms with Gasteiger partial charge in [-0.15, -0.1) is 0 Å². The first-order valence-corrected chi connectivity index (χ1v) is 5.78. The van der Waals surface area contributed by atoms with Crippen molar-refractivity contribution in [3.8, 4) is 0 Å². The number of imide groups is 1. The van der Waals surface area contributed by atoms with Gasteiger partial charge in [-0.1, -0.05) is 0 Å². The summed E-state index contributed by atoms with van der Waals surface area (Å²) >= 11 is 0. The minimum Gasteiger partial charge on any atom is -0.379 e. The summed E-state index contributed by atoms with van der Waals surface area (Å²) < 4.78 is 5.24. The van der Waals surface area contributed by atoms with E-state index in [0.29, 0.717) is 0 Å². The summed E-state index contributed by atoms with van der Waals surface area (Å²) in [6.45, 7) is 5.40. The number of nitrogens with zero attached hydrogens (tertiary/aromatic N) is 1. The number of hydrogen-bond donors (Lipinski definition) is 3. The molecule has 0 atom stereocenters. The van der Waals surface area contributed by atoms with Crippen LogP contribution in [0.3, 0.4) is 0 Å². The van der Waals surface area contributed by atoms with Crippen molar-refractivity contribution in [1.82, 2.24) is 15.5 Å². The molecule has 0 aromatic carbocycles. The van der Waals surface area contributed by atoms with Gasteiger partial charge >= 0.3 is 6.03 Å². The number of amides is 3. The van der Waals surface area contributed by atoms with Gasteiger partial charge in [-0.25, -0.2) is 4.79 Å². The zero-order valence-electron chi connectivity index (χ0n) is 9.91. The Kier molecular flexibility index (Phi) is 6.53. The third-order valence-electron chi connectivity index (χ3n) is 2.48. The van der Waals surface area contributed by atoms with Crippen LogP contribution in [-0.2, 0) is 9.53 Å². The molecule has 1 aliphatic rings. The first-order chi connectivity index (χ1) is 8.18. The molecule has 0 bridgehead atoms. The van der Waals surface area contributed by atoms with Crippen LogP contribution < -0.4 is 16.4 Å².